The Kier molecular flexibility index (Phi) is 6.41. The summed E-state index contributed by atoms with van der Waals surface area (Å²) in [6.45, 7) is 5.70. The van der Waals surface area contributed by atoms with Crippen molar-refractivity contribution < 1.29 is 4.79 Å². The zero-order chi connectivity index (χ0) is 22.8. The molecule has 1 N–H and O–H groups in total. The van der Waals surface area contributed by atoms with Crippen LogP contribution in [-0.4, -0.2) is 37.2 Å². The maximum atomic E-state index is 13.1. The molecule has 0 atom stereocenters. The molecule has 9 heteroatoms. The zero-order valence-electron chi connectivity index (χ0n) is 18.8. The zero-order valence-corrected chi connectivity index (χ0v) is 20.4. The van der Waals surface area contributed by atoms with Gasteiger partial charge < -0.3 is 9.88 Å². The number of rotatable bonds is 6. The number of aromatic nitrogens is 5. The van der Waals surface area contributed by atoms with Crippen molar-refractivity contribution in [3.05, 3.63) is 58.2 Å². The minimum Gasteiger partial charge on any atom is -0.352 e. The van der Waals surface area contributed by atoms with Gasteiger partial charge >= 0.3 is 0 Å². The molecular formula is C24H26N6OS2. The number of hydrogen-bond donors (Lipinski definition) is 1. The highest BCUT2D eigenvalue weighted by atomic mass is 32.2. The summed E-state index contributed by atoms with van der Waals surface area (Å²) in [5.74, 6) is 1.95. The van der Waals surface area contributed by atoms with Crippen LogP contribution in [-0.2, 0) is 19.4 Å². The maximum Gasteiger partial charge on any atom is 0.252 e. The van der Waals surface area contributed by atoms with E-state index in [2.05, 4.69) is 43.9 Å². The second-order valence-electron chi connectivity index (χ2n) is 8.24. The Balaban J connectivity index is 1.30. The van der Waals surface area contributed by atoms with Gasteiger partial charge in [-0.25, -0.2) is 9.97 Å². The van der Waals surface area contributed by atoms with Gasteiger partial charge in [0.25, 0.3) is 5.91 Å². The number of aryl methyl sites for hydroxylation is 3. The fourth-order valence-corrected chi connectivity index (χ4v) is 6.33. The smallest absolute Gasteiger partial charge is 0.252 e. The number of benzene rings is 1. The number of thiophene rings is 1. The van der Waals surface area contributed by atoms with E-state index in [-0.39, 0.29) is 5.91 Å². The highest BCUT2D eigenvalue weighted by Crippen LogP contribution is 2.38. The monoisotopic (exact) mass is 478 g/mol. The number of hydrogen-bond acceptors (Lipinski definition) is 7. The van der Waals surface area contributed by atoms with E-state index in [9.17, 15) is 4.79 Å². The number of nitrogens with zero attached hydrogens (tertiary/aromatic N) is 5. The first-order valence-corrected chi connectivity index (χ1v) is 12.9. The molecule has 33 heavy (non-hydrogen) atoms. The molecule has 0 unspecified atom stereocenters. The second-order valence-corrected chi connectivity index (χ2v) is 10.5. The van der Waals surface area contributed by atoms with E-state index in [0.29, 0.717) is 18.5 Å². The van der Waals surface area contributed by atoms with Gasteiger partial charge in [0.05, 0.1) is 5.56 Å². The third-order valence-electron chi connectivity index (χ3n) is 6.09. The van der Waals surface area contributed by atoms with Crippen LogP contribution in [0.4, 0.5) is 0 Å². The third-order valence-corrected chi connectivity index (χ3v) is 8.28. The Morgan fingerprint density at radius 3 is 2.94 bits per heavy atom. The molecule has 7 nitrogen and oxygen atoms in total. The van der Waals surface area contributed by atoms with Crippen LogP contribution in [0.2, 0.25) is 0 Å². The molecule has 4 heterocycles. The Morgan fingerprint density at radius 1 is 1.15 bits per heavy atom. The molecule has 4 aromatic rings. The number of carbonyl (C=O) groups is 1. The van der Waals surface area contributed by atoms with E-state index in [1.807, 2.05) is 24.3 Å². The lowest BCUT2D eigenvalue weighted by Crippen LogP contribution is -2.27. The fraction of sp³-hybridized carbons (Fsp3) is 0.375. The molecule has 1 aliphatic rings. The second kappa shape index (κ2) is 9.61. The molecule has 0 bridgehead atoms. The lowest BCUT2D eigenvalue weighted by Gasteiger charge is -2.11. The van der Waals surface area contributed by atoms with Crippen LogP contribution >= 0.6 is 23.1 Å². The first-order valence-electron chi connectivity index (χ1n) is 11.3. The Hall–Kier alpha value is -2.78. The molecule has 1 aromatic carbocycles. The maximum absolute atomic E-state index is 13.1. The SMILES string of the molecule is Cc1sc2ncnc(Sc3ccccc3C(=O)NCCc3nnc4n3CCCCC4)c2c1C. The quantitative estimate of drug-likeness (QED) is 0.403. The molecule has 0 spiro atoms. The van der Waals surface area contributed by atoms with E-state index in [1.54, 1.807) is 17.7 Å². The molecular weight excluding hydrogens is 452 g/mol. The average molecular weight is 479 g/mol. The van der Waals surface area contributed by atoms with Crippen molar-refractivity contribution in [1.82, 2.24) is 30.0 Å². The third kappa shape index (κ3) is 4.52. The Bertz CT molecular complexity index is 1310. The normalized spacial score (nSPS) is 13.6. The molecule has 5 rings (SSSR count). The first-order chi connectivity index (χ1) is 16.1. The first kappa shape index (κ1) is 22.0. The molecule has 3 aromatic heterocycles. The van der Waals surface area contributed by atoms with E-state index in [4.69, 9.17) is 0 Å². The van der Waals surface area contributed by atoms with Crippen LogP contribution in [0.25, 0.3) is 10.2 Å². The van der Waals surface area contributed by atoms with Crippen molar-refractivity contribution >= 4 is 39.2 Å². The Morgan fingerprint density at radius 2 is 2.03 bits per heavy atom. The van der Waals surface area contributed by atoms with E-state index < -0.39 is 0 Å². The topological polar surface area (TPSA) is 85.6 Å². The summed E-state index contributed by atoms with van der Waals surface area (Å²) in [5, 5.41) is 13.8. The number of nitrogens with one attached hydrogen (secondary N) is 1. The van der Waals surface area contributed by atoms with Crippen molar-refractivity contribution in [2.75, 3.05) is 6.54 Å². The predicted octanol–water partition coefficient (Wildman–Crippen LogP) is 4.75. The fourth-order valence-electron chi connectivity index (χ4n) is 4.19. The van der Waals surface area contributed by atoms with Crippen LogP contribution in [0, 0.1) is 13.8 Å². The van der Waals surface area contributed by atoms with E-state index in [1.165, 1.54) is 35.0 Å². The summed E-state index contributed by atoms with van der Waals surface area (Å²) in [5.41, 5.74) is 1.85. The van der Waals surface area contributed by atoms with Crippen LogP contribution in [0.15, 0.2) is 40.5 Å². The predicted molar refractivity (Wildman–Crippen MR) is 131 cm³/mol. The molecule has 170 valence electrons. The molecule has 0 saturated heterocycles. The molecule has 0 radical (unpaired) electrons. The van der Waals surface area contributed by atoms with Gasteiger partial charge in [-0.05, 0) is 44.4 Å². The molecule has 1 amide bonds. The van der Waals surface area contributed by atoms with Gasteiger partial charge in [0.1, 0.15) is 27.8 Å². The highest BCUT2D eigenvalue weighted by molar-refractivity contribution is 7.99. The number of carbonyl (C=O) groups excluding carboxylic acids is 1. The van der Waals surface area contributed by atoms with Crippen molar-refractivity contribution in [2.45, 2.75) is 62.4 Å². The van der Waals surface area contributed by atoms with Crippen LogP contribution < -0.4 is 5.32 Å². The lowest BCUT2D eigenvalue weighted by atomic mass is 10.2. The van der Waals surface area contributed by atoms with Crippen LogP contribution in [0.3, 0.4) is 0 Å². The van der Waals surface area contributed by atoms with Gasteiger partial charge in [-0.15, -0.1) is 21.5 Å². The van der Waals surface area contributed by atoms with Gasteiger partial charge in [-0.1, -0.05) is 30.3 Å². The van der Waals surface area contributed by atoms with Gasteiger partial charge in [-0.3, -0.25) is 4.79 Å². The summed E-state index contributed by atoms with van der Waals surface area (Å²) in [4.78, 5) is 25.1. The number of amides is 1. The lowest BCUT2D eigenvalue weighted by molar-refractivity contribution is 0.0951. The summed E-state index contributed by atoms with van der Waals surface area (Å²) < 4.78 is 2.23. The summed E-state index contributed by atoms with van der Waals surface area (Å²) in [7, 11) is 0. The van der Waals surface area contributed by atoms with Gasteiger partial charge in [0.2, 0.25) is 0 Å². The van der Waals surface area contributed by atoms with E-state index in [0.717, 1.165) is 51.2 Å². The average Bonchev–Trinajstić information content (AvgIpc) is 3.23. The van der Waals surface area contributed by atoms with Gasteiger partial charge in [0.15, 0.2) is 0 Å². The molecule has 0 aliphatic carbocycles. The summed E-state index contributed by atoms with van der Waals surface area (Å²) >= 11 is 3.20. The summed E-state index contributed by atoms with van der Waals surface area (Å²) in [6, 6.07) is 7.69. The van der Waals surface area contributed by atoms with Crippen LogP contribution in [0.1, 0.15) is 51.7 Å². The van der Waals surface area contributed by atoms with Gasteiger partial charge in [-0.2, -0.15) is 0 Å². The minimum absolute atomic E-state index is 0.0859. The van der Waals surface area contributed by atoms with Crippen molar-refractivity contribution in [1.29, 1.82) is 0 Å². The van der Waals surface area contributed by atoms with E-state index >= 15 is 0 Å². The minimum atomic E-state index is -0.0859. The highest BCUT2D eigenvalue weighted by Gasteiger charge is 2.18. The van der Waals surface area contributed by atoms with Crippen LogP contribution in [0.5, 0.6) is 0 Å². The van der Waals surface area contributed by atoms with Crippen molar-refractivity contribution in [3.63, 3.8) is 0 Å². The summed E-state index contributed by atoms with van der Waals surface area (Å²) in [6.07, 6.45) is 6.83. The number of fused-ring (bicyclic) bond motifs is 2. The van der Waals surface area contributed by atoms with Crippen molar-refractivity contribution in [3.8, 4) is 0 Å². The molecule has 0 fully saturated rings. The standard InChI is InChI=1S/C24H26N6OS2/c1-15-16(2)32-23-21(15)24(27-14-26-23)33-18-9-6-5-8-17(18)22(31)25-12-11-20-29-28-19-10-4-3-7-13-30(19)20/h5-6,8-9,14H,3-4,7,10-13H2,1-2H3,(H,25,31). The Labute approximate surface area is 201 Å². The van der Waals surface area contributed by atoms with Crippen molar-refractivity contribution in [2.24, 2.45) is 0 Å². The molecule has 0 saturated carbocycles. The molecule has 1 aliphatic heterocycles. The largest absolute Gasteiger partial charge is 0.352 e. The van der Waals surface area contributed by atoms with Gasteiger partial charge in [0, 0.05) is 41.1 Å².